The first kappa shape index (κ1) is 31.8. The van der Waals surface area contributed by atoms with E-state index in [1.807, 2.05) is 55.4 Å². The van der Waals surface area contributed by atoms with Crippen LogP contribution in [-0.2, 0) is 19.2 Å². The average molecular weight is 484 g/mol. The molecule has 0 aromatic rings. The molecule has 0 saturated heterocycles. The third kappa shape index (κ3) is 14.9. The maximum absolute atomic E-state index is 12.4. The summed E-state index contributed by atoms with van der Waals surface area (Å²) < 4.78 is 0. The first-order chi connectivity index (χ1) is 15.8. The van der Waals surface area contributed by atoms with E-state index in [2.05, 4.69) is 26.2 Å². The van der Waals surface area contributed by atoms with E-state index in [0.717, 1.165) is 6.42 Å². The fourth-order valence-electron chi connectivity index (χ4n) is 3.03. The van der Waals surface area contributed by atoms with Crippen molar-refractivity contribution in [2.75, 3.05) is 39.3 Å². The van der Waals surface area contributed by atoms with Gasteiger partial charge in [-0.2, -0.15) is 0 Å². The van der Waals surface area contributed by atoms with Gasteiger partial charge in [0.1, 0.15) is 0 Å². The van der Waals surface area contributed by atoms with Gasteiger partial charge in [0.25, 0.3) is 0 Å². The average Bonchev–Trinajstić information content (AvgIpc) is 2.75. The second-order valence-electron chi connectivity index (χ2n) is 10.1. The molecule has 9 nitrogen and oxygen atoms in total. The van der Waals surface area contributed by atoms with Gasteiger partial charge in [0.15, 0.2) is 0 Å². The van der Waals surface area contributed by atoms with E-state index in [1.165, 1.54) is 0 Å². The summed E-state index contributed by atoms with van der Waals surface area (Å²) in [7, 11) is 0. The summed E-state index contributed by atoms with van der Waals surface area (Å²) in [6, 6.07) is -0.104. The molecule has 4 N–H and O–H groups in total. The summed E-state index contributed by atoms with van der Waals surface area (Å²) in [5.74, 6) is -0.363. The number of hydrogen-bond acceptors (Lipinski definition) is 5. The molecule has 0 aliphatic carbocycles. The van der Waals surface area contributed by atoms with Crippen LogP contribution in [0.3, 0.4) is 0 Å². The topological polar surface area (TPSA) is 120 Å². The standard InChI is InChI=1S/C25H49N5O4/c1-17(2)22(31)26-11-9-10-21(29-25(34)20(7)8)16-30(14-12-27-23(32)18(3)4)15-13-28-24(33)19(5)6/h17-21H,9-16H2,1-8H3,(H,26,31)(H,27,32)(H,28,33)(H,29,34). The lowest BCUT2D eigenvalue weighted by atomic mass is 10.1. The first-order valence-electron chi connectivity index (χ1n) is 12.7. The van der Waals surface area contributed by atoms with Crippen LogP contribution in [0.25, 0.3) is 0 Å². The Morgan fingerprint density at radius 2 is 0.971 bits per heavy atom. The molecule has 4 amide bonds. The number of hydrogen-bond donors (Lipinski definition) is 4. The molecule has 0 bridgehead atoms. The molecule has 0 fully saturated rings. The lowest BCUT2D eigenvalue weighted by Crippen LogP contribution is -2.49. The molecule has 0 aromatic heterocycles. The van der Waals surface area contributed by atoms with Crippen molar-refractivity contribution in [3.8, 4) is 0 Å². The van der Waals surface area contributed by atoms with Crippen molar-refractivity contribution in [3.63, 3.8) is 0 Å². The van der Waals surface area contributed by atoms with E-state index < -0.39 is 0 Å². The second-order valence-corrected chi connectivity index (χ2v) is 10.1. The van der Waals surface area contributed by atoms with Crippen LogP contribution in [0, 0.1) is 23.7 Å². The Labute approximate surface area is 206 Å². The van der Waals surface area contributed by atoms with Crippen LogP contribution in [-0.4, -0.2) is 73.8 Å². The predicted molar refractivity (Wildman–Crippen MR) is 136 cm³/mol. The van der Waals surface area contributed by atoms with Crippen molar-refractivity contribution in [2.45, 2.75) is 74.3 Å². The zero-order chi connectivity index (χ0) is 26.3. The van der Waals surface area contributed by atoms with Crippen LogP contribution in [0.2, 0.25) is 0 Å². The minimum atomic E-state index is -0.132. The van der Waals surface area contributed by atoms with E-state index in [-0.39, 0.29) is 53.3 Å². The van der Waals surface area contributed by atoms with Gasteiger partial charge in [0.05, 0.1) is 0 Å². The number of nitrogens with zero attached hydrogens (tertiary/aromatic N) is 1. The Kier molecular flexibility index (Phi) is 16.2. The van der Waals surface area contributed by atoms with Crippen molar-refractivity contribution in [2.24, 2.45) is 23.7 Å². The summed E-state index contributed by atoms with van der Waals surface area (Å²) >= 11 is 0. The molecule has 0 saturated carbocycles. The highest BCUT2D eigenvalue weighted by atomic mass is 16.2. The summed E-state index contributed by atoms with van der Waals surface area (Å²) in [6.45, 7) is 18.2. The van der Waals surface area contributed by atoms with Crippen molar-refractivity contribution >= 4 is 23.6 Å². The van der Waals surface area contributed by atoms with Crippen LogP contribution < -0.4 is 21.3 Å². The van der Waals surface area contributed by atoms with Crippen molar-refractivity contribution < 1.29 is 19.2 Å². The van der Waals surface area contributed by atoms with Gasteiger partial charge in [-0.05, 0) is 12.8 Å². The smallest absolute Gasteiger partial charge is 0.222 e. The van der Waals surface area contributed by atoms with Crippen LogP contribution in [0.4, 0.5) is 0 Å². The molecule has 0 rings (SSSR count). The van der Waals surface area contributed by atoms with E-state index in [0.29, 0.717) is 45.7 Å². The molecule has 9 heteroatoms. The number of carbonyl (C=O) groups is 4. The van der Waals surface area contributed by atoms with Gasteiger partial charge in [-0.3, -0.25) is 24.1 Å². The van der Waals surface area contributed by atoms with E-state index >= 15 is 0 Å². The third-order valence-electron chi connectivity index (χ3n) is 5.41. The highest BCUT2D eigenvalue weighted by Crippen LogP contribution is 2.04. The SMILES string of the molecule is CC(C)C(=O)NCCCC(CN(CCNC(=O)C(C)C)CCNC(=O)C(C)C)NC(=O)C(C)C. The highest BCUT2D eigenvalue weighted by molar-refractivity contribution is 5.79. The normalized spacial score (nSPS) is 12.4. The lowest BCUT2D eigenvalue weighted by Gasteiger charge is -2.29. The molecular weight excluding hydrogens is 434 g/mol. The Balaban J connectivity index is 5.09. The monoisotopic (exact) mass is 483 g/mol. The second kappa shape index (κ2) is 17.3. The largest absolute Gasteiger partial charge is 0.356 e. The van der Waals surface area contributed by atoms with Crippen LogP contribution in [0.15, 0.2) is 0 Å². The summed E-state index contributed by atoms with van der Waals surface area (Å²) in [5.41, 5.74) is 0. The van der Waals surface area contributed by atoms with Gasteiger partial charge in [0, 0.05) is 69.0 Å². The molecule has 1 unspecified atom stereocenters. The molecule has 1 atom stereocenters. The summed E-state index contributed by atoms with van der Waals surface area (Å²) in [6.07, 6.45) is 1.45. The van der Waals surface area contributed by atoms with Gasteiger partial charge in [0.2, 0.25) is 23.6 Å². The molecule has 198 valence electrons. The van der Waals surface area contributed by atoms with Crippen LogP contribution >= 0.6 is 0 Å². The first-order valence-corrected chi connectivity index (χ1v) is 12.7. The zero-order valence-electron chi connectivity index (χ0n) is 22.6. The molecule has 34 heavy (non-hydrogen) atoms. The maximum Gasteiger partial charge on any atom is 0.222 e. The van der Waals surface area contributed by atoms with Crippen LogP contribution in [0.5, 0.6) is 0 Å². The van der Waals surface area contributed by atoms with Gasteiger partial charge >= 0.3 is 0 Å². The van der Waals surface area contributed by atoms with Crippen molar-refractivity contribution in [1.29, 1.82) is 0 Å². The van der Waals surface area contributed by atoms with Gasteiger partial charge < -0.3 is 21.3 Å². The van der Waals surface area contributed by atoms with E-state index in [9.17, 15) is 19.2 Å². The van der Waals surface area contributed by atoms with E-state index in [1.54, 1.807) is 0 Å². The minimum absolute atomic E-state index is 0.00128. The molecule has 0 spiro atoms. The Morgan fingerprint density at radius 3 is 1.35 bits per heavy atom. The van der Waals surface area contributed by atoms with E-state index in [4.69, 9.17) is 0 Å². The fourth-order valence-corrected chi connectivity index (χ4v) is 3.03. The van der Waals surface area contributed by atoms with Gasteiger partial charge in [-0.25, -0.2) is 0 Å². The molecule has 0 radical (unpaired) electrons. The van der Waals surface area contributed by atoms with Crippen molar-refractivity contribution in [3.05, 3.63) is 0 Å². The zero-order valence-corrected chi connectivity index (χ0v) is 22.6. The van der Waals surface area contributed by atoms with Gasteiger partial charge in [-0.1, -0.05) is 55.4 Å². The van der Waals surface area contributed by atoms with Crippen LogP contribution in [0.1, 0.15) is 68.2 Å². The molecule has 0 aliphatic rings. The van der Waals surface area contributed by atoms with Crippen molar-refractivity contribution in [1.82, 2.24) is 26.2 Å². The maximum atomic E-state index is 12.4. The lowest BCUT2D eigenvalue weighted by molar-refractivity contribution is -0.125. The molecular formula is C25H49N5O4. The quantitative estimate of drug-likeness (QED) is 0.234. The highest BCUT2D eigenvalue weighted by Gasteiger charge is 2.19. The summed E-state index contributed by atoms with van der Waals surface area (Å²) in [5, 5.41) is 11.9. The molecule has 0 heterocycles. The third-order valence-corrected chi connectivity index (χ3v) is 5.41. The molecule has 0 aromatic carbocycles. The summed E-state index contributed by atoms with van der Waals surface area (Å²) in [4.78, 5) is 50.3. The fraction of sp³-hybridized carbons (Fsp3) is 0.840. The Morgan fingerprint density at radius 1 is 0.588 bits per heavy atom. The number of nitrogens with one attached hydrogen (secondary N) is 4. The Hall–Kier alpha value is -2.16. The number of amides is 4. The van der Waals surface area contributed by atoms with Gasteiger partial charge in [-0.15, -0.1) is 0 Å². The predicted octanol–water partition coefficient (Wildman–Crippen LogP) is 1.53. The minimum Gasteiger partial charge on any atom is -0.356 e. The number of carbonyl (C=O) groups excluding carboxylic acids is 4. The number of rotatable bonds is 17. The Bertz CT molecular complexity index is 609. The molecule has 0 aliphatic heterocycles.